The maximum Gasteiger partial charge on any atom is 0.249 e. The number of aromatic amines is 1. The van der Waals surface area contributed by atoms with E-state index >= 15 is 0 Å². The van der Waals surface area contributed by atoms with E-state index in [9.17, 15) is 9.18 Å². The van der Waals surface area contributed by atoms with Crippen LogP contribution in [0.15, 0.2) is 12.1 Å². The van der Waals surface area contributed by atoms with Gasteiger partial charge in [0.15, 0.2) is 0 Å². The molecule has 2 aromatic rings. The molecule has 0 saturated carbocycles. The lowest BCUT2D eigenvalue weighted by molar-refractivity contribution is 0.100. The molecule has 0 bridgehead atoms. The molecule has 3 rings (SSSR count). The number of carbonyl (C=O) groups excluding carboxylic acids is 1. The smallest absolute Gasteiger partial charge is 0.249 e. The number of H-pyrrole nitrogens is 1. The van der Waals surface area contributed by atoms with Gasteiger partial charge in [0.25, 0.3) is 0 Å². The van der Waals surface area contributed by atoms with Crippen molar-refractivity contribution >= 4 is 22.5 Å². The lowest BCUT2D eigenvalue weighted by Crippen LogP contribution is -2.24. The number of fused-ring (bicyclic) bond motifs is 1. The quantitative estimate of drug-likeness (QED) is 0.606. The standard InChI is InChI=1S/C21H29FN4O2/c1-12(2)8-16(23)19-18-15(21(24)27)9-14(22)10-17(18)25-20(19)13-4-5-26(11-13)6-7-28-3/h9-10,12-13,23,25H,4-8,11H2,1-3H3,(H2,24,27). The molecule has 1 unspecified atom stereocenters. The summed E-state index contributed by atoms with van der Waals surface area (Å²) in [6, 6.07) is 2.56. The average Bonchev–Trinajstić information content (AvgIpc) is 3.22. The van der Waals surface area contributed by atoms with E-state index in [1.807, 2.05) is 0 Å². The Hall–Kier alpha value is -2.25. The van der Waals surface area contributed by atoms with Crippen LogP contribution in [0.4, 0.5) is 4.39 Å². The molecule has 28 heavy (non-hydrogen) atoms. The van der Waals surface area contributed by atoms with Crippen LogP contribution in [0.1, 0.15) is 54.2 Å². The minimum atomic E-state index is -0.679. The first kappa shape index (κ1) is 20.5. The van der Waals surface area contributed by atoms with Crippen molar-refractivity contribution in [3.63, 3.8) is 0 Å². The zero-order valence-electron chi connectivity index (χ0n) is 16.8. The highest BCUT2D eigenvalue weighted by Gasteiger charge is 2.30. The van der Waals surface area contributed by atoms with Crippen molar-refractivity contribution in [2.75, 3.05) is 33.4 Å². The van der Waals surface area contributed by atoms with Gasteiger partial charge in [-0.05, 0) is 37.4 Å². The third kappa shape index (κ3) is 4.10. The van der Waals surface area contributed by atoms with Crippen molar-refractivity contribution in [3.8, 4) is 0 Å². The number of likely N-dealkylation sites (tertiary alicyclic amines) is 1. The molecule has 1 aromatic heterocycles. The largest absolute Gasteiger partial charge is 0.383 e. The molecule has 1 atom stereocenters. The van der Waals surface area contributed by atoms with Gasteiger partial charge in [-0.15, -0.1) is 0 Å². The van der Waals surface area contributed by atoms with Gasteiger partial charge in [0.1, 0.15) is 5.82 Å². The number of ether oxygens (including phenoxy) is 1. The average molecular weight is 388 g/mol. The van der Waals surface area contributed by atoms with Crippen molar-refractivity contribution in [1.82, 2.24) is 9.88 Å². The highest BCUT2D eigenvalue weighted by atomic mass is 19.1. The highest BCUT2D eigenvalue weighted by molar-refractivity contribution is 6.17. The first-order valence-electron chi connectivity index (χ1n) is 9.75. The lowest BCUT2D eigenvalue weighted by atomic mass is 9.91. The summed E-state index contributed by atoms with van der Waals surface area (Å²) in [6.07, 6.45) is 1.52. The van der Waals surface area contributed by atoms with Crippen LogP contribution in [0, 0.1) is 17.1 Å². The summed E-state index contributed by atoms with van der Waals surface area (Å²) in [4.78, 5) is 17.7. The minimum absolute atomic E-state index is 0.134. The summed E-state index contributed by atoms with van der Waals surface area (Å²) in [7, 11) is 1.69. The summed E-state index contributed by atoms with van der Waals surface area (Å²) < 4.78 is 19.3. The molecule has 2 heterocycles. The van der Waals surface area contributed by atoms with Crippen LogP contribution in [0.2, 0.25) is 0 Å². The van der Waals surface area contributed by atoms with E-state index in [0.29, 0.717) is 35.6 Å². The van der Waals surface area contributed by atoms with Gasteiger partial charge in [0.05, 0.1) is 17.7 Å². The summed E-state index contributed by atoms with van der Waals surface area (Å²) >= 11 is 0. The van der Waals surface area contributed by atoms with Gasteiger partial charge in [-0.3, -0.25) is 4.79 Å². The lowest BCUT2D eigenvalue weighted by Gasteiger charge is -2.16. The van der Waals surface area contributed by atoms with E-state index in [-0.39, 0.29) is 11.5 Å². The molecule has 1 aliphatic rings. The number of nitrogens with one attached hydrogen (secondary N) is 2. The van der Waals surface area contributed by atoms with Crippen molar-refractivity contribution in [1.29, 1.82) is 5.41 Å². The molecular weight excluding hydrogens is 359 g/mol. The van der Waals surface area contributed by atoms with Crippen LogP contribution in [0.5, 0.6) is 0 Å². The third-order valence-electron chi connectivity index (χ3n) is 5.36. The monoisotopic (exact) mass is 388 g/mol. The number of hydrogen-bond acceptors (Lipinski definition) is 4. The second kappa shape index (κ2) is 8.41. The maximum atomic E-state index is 14.1. The minimum Gasteiger partial charge on any atom is -0.383 e. The molecule has 1 aliphatic heterocycles. The van der Waals surface area contributed by atoms with Crippen molar-refractivity contribution < 1.29 is 13.9 Å². The van der Waals surface area contributed by atoms with Crippen LogP contribution in [0.3, 0.4) is 0 Å². The molecule has 0 radical (unpaired) electrons. The SMILES string of the molecule is COCCN1CCC(c2[nH]c3cc(F)cc(C(N)=O)c3c2C(=N)CC(C)C)C1. The van der Waals surface area contributed by atoms with Crippen molar-refractivity contribution in [2.45, 2.75) is 32.6 Å². The molecule has 1 fully saturated rings. The van der Waals surface area contributed by atoms with Crippen LogP contribution in [0.25, 0.3) is 10.9 Å². The topological polar surface area (TPSA) is 95.2 Å². The first-order valence-corrected chi connectivity index (χ1v) is 9.75. The van der Waals surface area contributed by atoms with Crippen LogP contribution < -0.4 is 5.73 Å². The zero-order valence-corrected chi connectivity index (χ0v) is 16.8. The van der Waals surface area contributed by atoms with E-state index in [0.717, 1.165) is 37.3 Å². The number of halogens is 1. The Morgan fingerprint density at radius 1 is 1.46 bits per heavy atom. The van der Waals surface area contributed by atoms with Crippen LogP contribution in [-0.4, -0.2) is 54.9 Å². The van der Waals surface area contributed by atoms with E-state index in [4.69, 9.17) is 15.9 Å². The van der Waals surface area contributed by atoms with Gasteiger partial charge in [-0.25, -0.2) is 4.39 Å². The van der Waals surface area contributed by atoms with Gasteiger partial charge in [0, 0.05) is 48.5 Å². The maximum absolute atomic E-state index is 14.1. The Bertz CT molecular complexity index is 890. The van der Waals surface area contributed by atoms with Gasteiger partial charge in [-0.1, -0.05) is 13.8 Å². The van der Waals surface area contributed by atoms with Crippen molar-refractivity contribution in [2.24, 2.45) is 11.7 Å². The van der Waals surface area contributed by atoms with E-state index < -0.39 is 11.7 Å². The molecule has 152 valence electrons. The van der Waals surface area contributed by atoms with Gasteiger partial charge >= 0.3 is 0 Å². The van der Waals surface area contributed by atoms with Crippen LogP contribution in [-0.2, 0) is 4.74 Å². The molecule has 0 spiro atoms. The summed E-state index contributed by atoms with van der Waals surface area (Å²) in [6.45, 7) is 7.42. The molecular formula is C21H29FN4O2. The fraction of sp³-hybridized carbons (Fsp3) is 0.524. The fourth-order valence-corrected chi connectivity index (χ4v) is 4.13. The highest BCUT2D eigenvalue weighted by Crippen LogP contribution is 2.36. The Labute approximate surface area is 164 Å². The summed E-state index contributed by atoms with van der Waals surface area (Å²) in [5, 5.41) is 9.29. The number of benzene rings is 1. The second-order valence-corrected chi connectivity index (χ2v) is 8.01. The number of methoxy groups -OCH3 is 1. The normalized spacial score (nSPS) is 17.7. The molecule has 7 heteroatoms. The Kier molecular flexibility index (Phi) is 6.15. The van der Waals surface area contributed by atoms with Gasteiger partial charge in [0.2, 0.25) is 5.91 Å². The molecule has 1 saturated heterocycles. The first-order chi connectivity index (χ1) is 13.3. The zero-order chi connectivity index (χ0) is 20.4. The number of carbonyl (C=O) groups is 1. The number of primary amides is 1. The Morgan fingerprint density at radius 2 is 2.21 bits per heavy atom. The second-order valence-electron chi connectivity index (χ2n) is 8.01. The molecule has 6 nitrogen and oxygen atoms in total. The van der Waals surface area contributed by atoms with Gasteiger partial charge < -0.3 is 25.8 Å². The third-order valence-corrected chi connectivity index (χ3v) is 5.36. The van der Waals surface area contributed by atoms with Crippen molar-refractivity contribution in [3.05, 3.63) is 34.8 Å². The summed E-state index contributed by atoms with van der Waals surface area (Å²) in [5.74, 6) is -0.703. The molecule has 0 aliphatic carbocycles. The number of rotatable bonds is 8. The predicted octanol–water partition coefficient (Wildman–Crippen LogP) is 3.26. The van der Waals surface area contributed by atoms with Gasteiger partial charge in [-0.2, -0.15) is 0 Å². The van der Waals surface area contributed by atoms with Crippen LogP contribution >= 0.6 is 0 Å². The number of hydrogen-bond donors (Lipinski definition) is 3. The number of aromatic nitrogens is 1. The number of nitrogens with zero attached hydrogens (tertiary/aromatic N) is 1. The summed E-state index contributed by atoms with van der Waals surface area (Å²) in [5.41, 5.74) is 8.30. The molecule has 1 amide bonds. The number of nitrogens with two attached hydrogens (primary N) is 1. The molecule has 4 N–H and O–H groups in total. The Morgan fingerprint density at radius 3 is 2.86 bits per heavy atom. The van der Waals surface area contributed by atoms with E-state index in [1.165, 1.54) is 12.1 Å². The number of amides is 1. The molecule has 1 aromatic carbocycles. The van der Waals surface area contributed by atoms with E-state index in [2.05, 4.69) is 23.7 Å². The fourth-order valence-electron chi connectivity index (χ4n) is 4.13. The van der Waals surface area contributed by atoms with E-state index in [1.54, 1.807) is 7.11 Å². The Balaban J connectivity index is 2.10. The predicted molar refractivity (Wildman–Crippen MR) is 109 cm³/mol.